The molecule has 0 radical (unpaired) electrons. The molecule has 18 heavy (non-hydrogen) atoms. The van der Waals surface area contributed by atoms with E-state index in [0.29, 0.717) is 6.04 Å². The van der Waals surface area contributed by atoms with Crippen LogP contribution in [0.15, 0.2) is 36.7 Å². The van der Waals surface area contributed by atoms with Gasteiger partial charge in [-0.3, -0.25) is 4.68 Å². The summed E-state index contributed by atoms with van der Waals surface area (Å²) in [6, 6.07) is 8.37. The van der Waals surface area contributed by atoms with E-state index >= 15 is 0 Å². The van der Waals surface area contributed by atoms with Gasteiger partial charge in [0.2, 0.25) is 0 Å². The van der Waals surface area contributed by atoms with Crippen molar-refractivity contribution < 1.29 is 0 Å². The summed E-state index contributed by atoms with van der Waals surface area (Å²) in [5.41, 5.74) is 2.25. The number of nitrogens with one attached hydrogen (secondary N) is 1. The molecule has 94 valence electrons. The zero-order valence-electron chi connectivity index (χ0n) is 10.1. The normalized spacial score (nSPS) is 19.9. The molecule has 1 atom stereocenters. The van der Waals surface area contributed by atoms with Gasteiger partial charge in [0.15, 0.2) is 0 Å². The average Bonchev–Trinajstić information content (AvgIpc) is 2.89. The fourth-order valence-corrected chi connectivity index (χ4v) is 2.60. The molecular weight excluding hydrogens is 246 g/mol. The molecule has 1 aromatic heterocycles. The Bertz CT molecular complexity index is 529. The third-order valence-corrected chi connectivity index (χ3v) is 3.64. The van der Waals surface area contributed by atoms with Gasteiger partial charge in [-0.05, 0) is 37.1 Å². The Kier molecular flexibility index (Phi) is 3.35. The first kappa shape index (κ1) is 11.8. The molecule has 0 amide bonds. The molecule has 1 unspecified atom stereocenters. The lowest BCUT2D eigenvalue weighted by Gasteiger charge is -2.22. The number of benzene rings is 1. The molecule has 0 aliphatic carbocycles. The van der Waals surface area contributed by atoms with Gasteiger partial charge in [-0.25, -0.2) is 0 Å². The number of hydrogen-bond acceptors (Lipinski definition) is 2. The van der Waals surface area contributed by atoms with E-state index in [9.17, 15) is 0 Å². The van der Waals surface area contributed by atoms with Crippen molar-refractivity contribution in [3.05, 3.63) is 41.7 Å². The van der Waals surface area contributed by atoms with Crippen LogP contribution < -0.4 is 5.32 Å². The molecule has 2 aromatic rings. The fraction of sp³-hybridized carbons (Fsp3) is 0.357. The zero-order valence-corrected chi connectivity index (χ0v) is 10.9. The Hall–Kier alpha value is -1.32. The lowest BCUT2D eigenvalue weighted by molar-refractivity contribution is 0.347. The van der Waals surface area contributed by atoms with Gasteiger partial charge in [-0.15, -0.1) is 0 Å². The molecule has 1 N–H and O–H groups in total. The molecule has 2 heterocycles. The van der Waals surface area contributed by atoms with E-state index < -0.39 is 0 Å². The van der Waals surface area contributed by atoms with Gasteiger partial charge in [-0.2, -0.15) is 5.10 Å². The van der Waals surface area contributed by atoms with E-state index in [1.807, 2.05) is 24.4 Å². The third kappa shape index (κ3) is 2.42. The molecule has 0 bridgehead atoms. The largest absolute Gasteiger partial charge is 0.315 e. The molecular formula is C14H16ClN3. The van der Waals surface area contributed by atoms with Gasteiger partial charge in [0.1, 0.15) is 0 Å². The summed E-state index contributed by atoms with van der Waals surface area (Å²) < 4.78 is 2.07. The number of halogens is 1. The summed E-state index contributed by atoms with van der Waals surface area (Å²) in [5.74, 6) is 0. The molecule has 0 spiro atoms. The van der Waals surface area contributed by atoms with Crippen LogP contribution in [0.2, 0.25) is 5.02 Å². The van der Waals surface area contributed by atoms with Gasteiger partial charge in [-0.1, -0.05) is 23.7 Å². The van der Waals surface area contributed by atoms with Crippen LogP contribution in [0.1, 0.15) is 18.9 Å². The number of rotatable bonds is 2. The summed E-state index contributed by atoms with van der Waals surface area (Å²) >= 11 is 6.01. The summed E-state index contributed by atoms with van der Waals surface area (Å²) in [4.78, 5) is 0. The standard InChI is InChI=1S/C14H16ClN3/c15-13-4-1-3-11(7-13)12-8-17-18(10-12)14-5-2-6-16-9-14/h1,3-4,7-8,10,14,16H,2,5-6,9H2. The van der Waals surface area contributed by atoms with Gasteiger partial charge >= 0.3 is 0 Å². The highest BCUT2D eigenvalue weighted by atomic mass is 35.5. The van der Waals surface area contributed by atoms with Crippen molar-refractivity contribution in [2.24, 2.45) is 0 Å². The highest BCUT2D eigenvalue weighted by Crippen LogP contribution is 2.24. The highest BCUT2D eigenvalue weighted by Gasteiger charge is 2.15. The van der Waals surface area contributed by atoms with Crippen LogP contribution in [0.25, 0.3) is 11.1 Å². The number of piperidine rings is 1. The van der Waals surface area contributed by atoms with Crippen molar-refractivity contribution in [1.29, 1.82) is 0 Å². The molecule has 1 aliphatic rings. The highest BCUT2D eigenvalue weighted by molar-refractivity contribution is 6.30. The van der Waals surface area contributed by atoms with Crippen molar-refractivity contribution in [2.45, 2.75) is 18.9 Å². The summed E-state index contributed by atoms with van der Waals surface area (Å²) in [7, 11) is 0. The second-order valence-electron chi connectivity index (χ2n) is 4.72. The molecule has 1 fully saturated rings. The van der Waals surface area contributed by atoms with Crippen LogP contribution in [0.4, 0.5) is 0 Å². The maximum Gasteiger partial charge on any atom is 0.0644 e. The van der Waals surface area contributed by atoms with E-state index in [0.717, 1.165) is 29.2 Å². The van der Waals surface area contributed by atoms with Crippen LogP contribution in [-0.4, -0.2) is 22.9 Å². The van der Waals surface area contributed by atoms with Crippen molar-refractivity contribution in [1.82, 2.24) is 15.1 Å². The Labute approximate surface area is 112 Å². The maximum absolute atomic E-state index is 6.01. The van der Waals surface area contributed by atoms with E-state index in [-0.39, 0.29) is 0 Å². The lowest BCUT2D eigenvalue weighted by atomic mass is 10.1. The average molecular weight is 262 g/mol. The maximum atomic E-state index is 6.01. The van der Waals surface area contributed by atoms with Crippen molar-refractivity contribution in [3.8, 4) is 11.1 Å². The van der Waals surface area contributed by atoms with Crippen LogP contribution >= 0.6 is 11.6 Å². The number of nitrogens with zero attached hydrogens (tertiary/aromatic N) is 2. The van der Waals surface area contributed by atoms with Crippen molar-refractivity contribution in [2.75, 3.05) is 13.1 Å². The quantitative estimate of drug-likeness (QED) is 0.900. The molecule has 1 aromatic carbocycles. The summed E-state index contributed by atoms with van der Waals surface area (Å²) in [5, 5.41) is 8.65. The van der Waals surface area contributed by atoms with Crippen LogP contribution in [0.3, 0.4) is 0 Å². The van der Waals surface area contributed by atoms with Gasteiger partial charge < -0.3 is 5.32 Å². The van der Waals surface area contributed by atoms with Gasteiger partial charge in [0.25, 0.3) is 0 Å². The minimum absolute atomic E-state index is 0.478. The molecule has 3 nitrogen and oxygen atoms in total. The first-order valence-corrected chi connectivity index (χ1v) is 6.71. The Morgan fingerprint density at radius 3 is 3.06 bits per heavy atom. The van der Waals surface area contributed by atoms with Crippen molar-refractivity contribution >= 4 is 11.6 Å². The minimum atomic E-state index is 0.478. The second kappa shape index (κ2) is 5.12. The monoisotopic (exact) mass is 261 g/mol. The smallest absolute Gasteiger partial charge is 0.0644 e. The number of hydrogen-bond donors (Lipinski definition) is 1. The van der Waals surface area contributed by atoms with E-state index in [4.69, 9.17) is 11.6 Å². The Morgan fingerprint density at radius 2 is 2.28 bits per heavy atom. The minimum Gasteiger partial charge on any atom is -0.315 e. The lowest BCUT2D eigenvalue weighted by Crippen LogP contribution is -2.31. The van der Waals surface area contributed by atoms with E-state index in [1.165, 1.54) is 12.8 Å². The SMILES string of the molecule is Clc1cccc(-c2cnn(C3CCCNC3)c2)c1. The van der Waals surface area contributed by atoms with Crippen LogP contribution in [0.5, 0.6) is 0 Å². The third-order valence-electron chi connectivity index (χ3n) is 3.40. The van der Waals surface area contributed by atoms with Crippen LogP contribution in [-0.2, 0) is 0 Å². The topological polar surface area (TPSA) is 29.9 Å². The molecule has 3 rings (SSSR count). The van der Waals surface area contributed by atoms with E-state index in [2.05, 4.69) is 27.4 Å². The summed E-state index contributed by atoms with van der Waals surface area (Å²) in [6.07, 6.45) is 6.45. The first-order chi connectivity index (χ1) is 8.83. The first-order valence-electron chi connectivity index (χ1n) is 6.34. The Balaban J connectivity index is 1.84. The molecule has 4 heteroatoms. The molecule has 0 saturated carbocycles. The summed E-state index contributed by atoms with van der Waals surface area (Å²) in [6.45, 7) is 2.13. The predicted molar refractivity (Wildman–Crippen MR) is 73.8 cm³/mol. The van der Waals surface area contributed by atoms with Gasteiger partial charge in [0.05, 0.1) is 12.2 Å². The van der Waals surface area contributed by atoms with Crippen molar-refractivity contribution in [3.63, 3.8) is 0 Å². The molecule has 1 aliphatic heterocycles. The fourth-order valence-electron chi connectivity index (χ4n) is 2.41. The Morgan fingerprint density at radius 1 is 1.33 bits per heavy atom. The second-order valence-corrected chi connectivity index (χ2v) is 5.16. The molecule has 1 saturated heterocycles. The zero-order chi connectivity index (χ0) is 12.4. The van der Waals surface area contributed by atoms with E-state index in [1.54, 1.807) is 0 Å². The number of aromatic nitrogens is 2. The van der Waals surface area contributed by atoms with Crippen LogP contribution in [0, 0.1) is 0 Å². The predicted octanol–water partition coefficient (Wildman–Crippen LogP) is 3.13. The van der Waals surface area contributed by atoms with Gasteiger partial charge in [0, 0.05) is 23.3 Å².